The predicted octanol–water partition coefficient (Wildman–Crippen LogP) is 2.14. The molecular weight excluding hydrogens is 348 g/mol. The van der Waals surface area contributed by atoms with Crippen LogP contribution in [-0.2, 0) is 22.1 Å². The van der Waals surface area contributed by atoms with Crippen LogP contribution in [0.25, 0.3) is 11.3 Å². The molecule has 1 aromatic carbocycles. The molecule has 1 spiro atoms. The van der Waals surface area contributed by atoms with Gasteiger partial charge in [-0.25, -0.2) is 17.7 Å². The quantitative estimate of drug-likeness (QED) is 0.826. The lowest BCUT2D eigenvalue weighted by Crippen LogP contribution is -2.58. The van der Waals surface area contributed by atoms with Gasteiger partial charge in [0.05, 0.1) is 23.7 Å². The highest BCUT2D eigenvalue weighted by Crippen LogP contribution is 2.42. The zero-order valence-electron chi connectivity index (χ0n) is 15.4. The molecule has 3 heterocycles. The Morgan fingerprint density at radius 1 is 1.08 bits per heavy atom. The molecule has 0 aliphatic carbocycles. The lowest BCUT2D eigenvalue weighted by atomic mass is 9.84. The van der Waals surface area contributed by atoms with Crippen LogP contribution in [-0.4, -0.2) is 59.6 Å². The maximum Gasteiger partial charge on any atom is 0.211 e. The van der Waals surface area contributed by atoms with Crippen LogP contribution in [0.3, 0.4) is 0 Å². The molecule has 1 fully saturated rings. The summed E-state index contributed by atoms with van der Waals surface area (Å²) in [5.74, 6) is 1.10. The number of fused-ring (bicyclic) bond motifs is 2. The van der Waals surface area contributed by atoms with Crippen molar-refractivity contribution in [2.24, 2.45) is 0 Å². The highest BCUT2D eigenvalue weighted by atomic mass is 32.2. The van der Waals surface area contributed by atoms with Crippen molar-refractivity contribution in [2.75, 3.05) is 32.4 Å². The Morgan fingerprint density at radius 2 is 1.77 bits per heavy atom. The number of sulfonamides is 1. The third-order valence-corrected chi connectivity index (χ3v) is 7.24. The molecule has 6 nitrogen and oxygen atoms in total. The monoisotopic (exact) mass is 374 g/mol. The number of aromatic nitrogens is 2. The van der Waals surface area contributed by atoms with E-state index in [9.17, 15) is 8.42 Å². The lowest BCUT2D eigenvalue weighted by Gasteiger charge is -2.50. The Labute approximate surface area is 155 Å². The summed E-state index contributed by atoms with van der Waals surface area (Å²) in [5.41, 5.74) is 2.17. The van der Waals surface area contributed by atoms with E-state index in [1.807, 2.05) is 12.3 Å². The van der Waals surface area contributed by atoms with Crippen molar-refractivity contribution in [3.63, 3.8) is 0 Å². The van der Waals surface area contributed by atoms with Gasteiger partial charge in [-0.1, -0.05) is 37.3 Å². The average Bonchev–Trinajstić information content (AvgIpc) is 3.08. The van der Waals surface area contributed by atoms with Gasteiger partial charge in [-0.05, 0) is 24.9 Å². The fraction of sp³-hybridized carbons (Fsp3) is 0.526. The Kier molecular flexibility index (Phi) is 4.41. The molecule has 7 heteroatoms. The van der Waals surface area contributed by atoms with E-state index >= 15 is 0 Å². The van der Waals surface area contributed by atoms with Gasteiger partial charge in [0.25, 0.3) is 0 Å². The summed E-state index contributed by atoms with van der Waals surface area (Å²) in [7, 11) is -3.13. The Hall–Kier alpha value is -1.70. The zero-order chi connectivity index (χ0) is 18.4. The first-order valence-corrected chi connectivity index (χ1v) is 11.1. The van der Waals surface area contributed by atoms with Gasteiger partial charge >= 0.3 is 0 Å². The smallest absolute Gasteiger partial charge is 0.211 e. The van der Waals surface area contributed by atoms with Crippen molar-refractivity contribution >= 4 is 10.0 Å². The van der Waals surface area contributed by atoms with Gasteiger partial charge in [0.15, 0.2) is 0 Å². The second-order valence-corrected chi connectivity index (χ2v) is 9.24. The summed E-state index contributed by atoms with van der Waals surface area (Å²) < 4.78 is 27.8. The zero-order valence-corrected chi connectivity index (χ0v) is 16.2. The largest absolute Gasteiger partial charge is 0.325 e. The third kappa shape index (κ3) is 2.78. The number of rotatable bonds is 3. The van der Waals surface area contributed by atoms with E-state index in [-0.39, 0.29) is 5.54 Å². The van der Waals surface area contributed by atoms with Gasteiger partial charge in [0.1, 0.15) is 5.82 Å². The first-order valence-electron chi connectivity index (χ1n) is 9.27. The molecule has 0 atom stereocenters. The second kappa shape index (κ2) is 6.48. The number of benzene rings is 1. The van der Waals surface area contributed by atoms with E-state index in [2.05, 4.69) is 40.7 Å². The van der Waals surface area contributed by atoms with E-state index in [4.69, 9.17) is 4.98 Å². The fourth-order valence-electron chi connectivity index (χ4n) is 4.58. The standard InChI is InChI=1S/C19H26N4O2S/c1-3-21-13-14-23-17(16-7-5-4-6-8-16)15-20-18(23)19(21)9-11-22(12-10-19)26(2,24)25/h4-8,15H,3,9-14H2,1-2H3. The maximum absolute atomic E-state index is 11.9. The van der Waals surface area contributed by atoms with Crippen molar-refractivity contribution in [1.82, 2.24) is 18.8 Å². The predicted molar refractivity (Wildman–Crippen MR) is 102 cm³/mol. The van der Waals surface area contributed by atoms with E-state index in [0.717, 1.165) is 44.0 Å². The Morgan fingerprint density at radius 3 is 2.38 bits per heavy atom. The van der Waals surface area contributed by atoms with Gasteiger partial charge in [-0.2, -0.15) is 0 Å². The van der Waals surface area contributed by atoms with Crippen LogP contribution in [0.4, 0.5) is 0 Å². The summed E-state index contributed by atoms with van der Waals surface area (Å²) in [6.07, 6.45) is 4.87. The van der Waals surface area contributed by atoms with E-state index in [1.165, 1.54) is 11.8 Å². The topological polar surface area (TPSA) is 58.4 Å². The summed E-state index contributed by atoms with van der Waals surface area (Å²) >= 11 is 0. The highest BCUT2D eigenvalue weighted by molar-refractivity contribution is 7.88. The molecule has 0 amide bonds. The van der Waals surface area contributed by atoms with Crippen LogP contribution >= 0.6 is 0 Å². The molecular formula is C19H26N4O2S. The van der Waals surface area contributed by atoms with Gasteiger partial charge in [0.2, 0.25) is 10.0 Å². The molecule has 1 aromatic heterocycles. The minimum Gasteiger partial charge on any atom is -0.325 e. The molecule has 26 heavy (non-hydrogen) atoms. The van der Waals surface area contributed by atoms with E-state index < -0.39 is 10.0 Å². The molecule has 2 aliphatic heterocycles. The Bertz CT molecular complexity index is 884. The first kappa shape index (κ1) is 17.7. The summed E-state index contributed by atoms with van der Waals surface area (Å²) in [5, 5.41) is 0. The molecule has 0 saturated carbocycles. The minimum absolute atomic E-state index is 0.165. The van der Waals surface area contributed by atoms with Crippen LogP contribution in [0.2, 0.25) is 0 Å². The fourth-order valence-corrected chi connectivity index (χ4v) is 5.42. The summed E-state index contributed by atoms with van der Waals surface area (Å²) in [6.45, 7) is 6.14. The molecule has 0 N–H and O–H groups in total. The number of likely N-dealkylation sites (N-methyl/N-ethyl adjacent to an activating group) is 1. The number of imidazole rings is 1. The first-order chi connectivity index (χ1) is 12.5. The van der Waals surface area contributed by atoms with Crippen LogP contribution in [0.15, 0.2) is 36.5 Å². The van der Waals surface area contributed by atoms with Gasteiger partial charge in [-0.3, -0.25) is 4.90 Å². The second-order valence-electron chi connectivity index (χ2n) is 7.26. The normalized spacial score (nSPS) is 21.0. The molecule has 2 aliphatic rings. The minimum atomic E-state index is -3.13. The third-order valence-electron chi connectivity index (χ3n) is 5.94. The average molecular weight is 375 g/mol. The van der Waals surface area contributed by atoms with Crippen LogP contribution in [0.1, 0.15) is 25.6 Å². The van der Waals surface area contributed by atoms with Gasteiger partial charge in [-0.15, -0.1) is 0 Å². The molecule has 0 unspecified atom stereocenters. The maximum atomic E-state index is 11.9. The van der Waals surface area contributed by atoms with Crippen LogP contribution < -0.4 is 0 Å². The number of hydrogen-bond donors (Lipinski definition) is 0. The van der Waals surface area contributed by atoms with Crippen molar-refractivity contribution in [3.05, 3.63) is 42.4 Å². The van der Waals surface area contributed by atoms with Gasteiger partial charge in [0, 0.05) is 26.2 Å². The summed E-state index contributed by atoms with van der Waals surface area (Å²) in [4.78, 5) is 7.34. The SMILES string of the molecule is CCN1CCn2c(-c3ccccc3)cnc2C12CCN(S(C)(=O)=O)CC2. The number of nitrogens with zero attached hydrogens (tertiary/aromatic N) is 4. The molecule has 2 aromatic rings. The Balaban J connectivity index is 1.73. The lowest BCUT2D eigenvalue weighted by molar-refractivity contribution is 0.0102. The van der Waals surface area contributed by atoms with Crippen molar-refractivity contribution in [2.45, 2.75) is 31.8 Å². The van der Waals surface area contributed by atoms with Gasteiger partial charge < -0.3 is 4.57 Å². The number of piperidine rings is 1. The molecule has 0 radical (unpaired) electrons. The summed E-state index contributed by atoms with van der Waals surface area (Å²) in [6, 6.07) is 10.4. The highest BCUT2D eigenvalue weighted by Gasteiger charge is 2.47. The molecule has 1 saturated heterocycles. The van der Waals surface area contributed by atoms with Crippen LogP contribution in [0, 0.1) is 0 Å². The van der Waals surface area contributed by atoms with E-state index in [0.29, 0.717) is 13.1 Å². The molecule has 0 bridgehead atoms. The van der Waals surface area contributed by atoms with Crippen molar-refractivity contribution in [1.29, 1.82) is 0 Å². The van der Waals surface area contributed by atoms with Crippen molar-refractivity contribution in [3.8, 4) is 11.3 Å². The van der Waals surface area contributed by atoms with E-state index in [1.54, 1.807) is 4.31 Å². The molecule has 4 rings (SSSR count). The van der Waals surface area contributed by atoms with Crippen molar-refractivity contribution < 1.29 is 8.42 Å². The van der Waals surface area contributed by atoms with Crippen LogP contribution in [0.5, 0.6) is 0 Å². The molecule has 140 valence electrons. The number of hydrogen-bond acceptors (Lipinski definition) is 4.